The molecule has 0 N–H and O–H groups in total. The van der Waals surface area contributed by atoms with E-state index in [4.69, 9.17) is 9.05 Å². The smallest absolute Gasteiger partial charge is 0.307 e. The molecule has 0 saturated carbocycles. The zero-order valence-electron chi connectivity index (χ0n) is 23.6. The summed E-state index contributed by atoms with van der Waals surface area (Å²) in [6.45, 7) is 0. The maximum Gasteiger partial charge on any atom is 0.307 e. The minimum atomic E-state index is -3.95. The first-order valence-electron chi connectivity index (χ1n) is 14.6. The summed E-state index contributed by atoms with van der Waals surface area (Å²) in [4.78, 5) is 0.112. The van der Waals surface area contributed by atoms with E-state index in [1.807, 2.05) is 72.8 Å². The van der Waals surface area contributed by atoms with Gasteiger partial charge in [0.1, 0.15) is 11.5 Å². The standard InChI is InChI=1S/C36H24O6P2S/c37-43(33-15-7-3-11-27(33)25-9-1-5-13-31(25)41-43)23-17-19-29-30-20-18-24(22-36(30)45(39,40)35(29)21-23)44(38)34-16-8-4-12-28(34)26-10-2-6-14-32(26)42-44/h1-22,29,35H. The molecule has 4 unspecified atom stereocenters. The molecule has 6 nitrogen and oxygen atoms in total. The number of hydrogen-bond acceptors (Lipinski definition) is 6. The first-order chi connectivity index (χ1) is 21.8. The van der Waals surface area contributed by atoms with Gasteiger partial charge in [0.2, 0.25) is 0 Å². The minimum Gasteiger partial charge on any atom is -0.436 e. The largest absolute Gasteiger partial charge is 0.436 e. The average Bonchev–Trinajstić information content (AvgIpc) is 3.30. The second kappa shape index (κ2) is 9.31. The predicted octanol–water partition coefficient (Wildman–Crippen LogP) is 7.33. The SMILES string of the molecule is O=P1(C2=CC3C(C=C2)c2ccc(P4(=O)Oc5ccccc5-c5ccccc54)cc2S3(=O)=O)Oc2ccccc2-c2ccccc21. The molecule has 45 heavy (non-hydrogen) atoms. The summed E-state index contributed by atoms with van der Waals surface area (Å²) in [6, 6.07) is 34.6. The van der Waals surface area contributed by atoms with E-state index in [2.05, 4.69) is 0 Å². The molecule has 4 atom stereocenters. The Morgan fingerprint density at radius 2 is 1.13 bits per heavy atom. The molecule has 0 saturated heterocycles. The van der Waals surface area contributed by atoms with Crippen LogP contribution in [0.15, 0.2) is 144 Å². The van der Waals surface area contributed by atoms with Crippen molar-refractivity contribution < 1.29 is 26.6 Å². The fourth-order valence-corrected chi connectivity index (χ4v) is 13.9. The van der Waals surface area contributed by atoms with E-state index in [0.717, 1.165) is 22.3 Å². The zero-order chi connectivity index (χ0) is 30.6. The quantitative estimate of drug-likeness (QED) is 0.187. The van der Waals surface area contributed by atoms with Crippen molar-refractivity contribution in [2.45, 2.75) is 16.1 Å². The summed E-state index contributed by atoms with van der Waals surface area (Å²) in [6.07, 6.45) is 5.14. The van der Waals surface area contributed by atoms with Gasteiger partial charge in [0, 0.05) is 22.4 Å². The van der Waals surface area contributed by atoms with E-state index >= 15 is 0 Å². The van der Waals surface area contributed by atoms with Crippen LogP contribution < -0.4 is 25.0 Å². The van der Waals surface area contributed by atoms with Gasteiger partial charge in [0.15, 0.2) is 9.84 Å². The molecule has 0 radical (unpaired) electrons. The van der Waals surface area contributed by atoms with Gasteiger partial charge in [-0.3, -0.25) is 9.13 Å². The molecule has 1 aliphatic carbocycles. The van der Waals surface area contributed by atoms with Gasteiger partial charge in [0.05, 0.1) is 26.1 Å². The van der Waals surface area contributed by atoms with E-state index in [1.54, 1.807) is 54.6 Å². The number of fused-ring (bicyclic) bond motifs is 9. The second-order valence-electron chi connectivity index (χ2n) is 11.5. The Balaban J connectivity index is 1.15. The highest BCUT2D eigenvalue weighted by Crippen LogP contribution is 2.62. The monoisotopic (exact) mass is 646 g/mol. The average molecular weight is 647 g/mol. The zero-order valence-corrected chi connectivity index (χ0v) is 26.2. The minimum absolute atomic E-state index is 0.112. The van der Waals surface area contributed by atoms with Gasteiger partial charge in [-0.2, -0.15) is 0 Å². The molecule has 0 amide bonds. The van der Waals surface area contributed by atoms with Crippen LogP contribution in [0.25, 0.3) is 22.3 Å². The van der Waals surface area contributed by atoms with E-state index in [-0.39, 0.29) is 4.90 Å². The van der Waals surface area contributed by atoms with Crippen molar-refractivity contribution in [2.75, 3.05) is 0 Å². The van der Waals surface area contributed by atoms with Crippen molar-refractivity contribution in [1.29, 1.82) is 0 Å². The molecule has 220 valence electrons. The van der Waals surface area contributed by atoms with Gasteiger partial charge < -0.3 is 9.05 Å². The van der Waals surface area contributed by atoms with Crippen LogP contribution in [0.1, 0.15) is 11.5 Å². The fraction of sp³-hybridized carbons (Fsp3) is 0.0556. The third-order valence-electron chi connectivity index (χ3n) is 9.11. The van der Waals surface area contributed by atoms with Gasteiger partial charge in [-0.1, -0.05) is 97.1 Å². The summed E-state index contributed by atoms with van der Waals surface area (Å²) in [5, 5.41) is 0.747. The maximum absolute atomic E-state index is 14.8. The van der Waals surface area contributed by atoms with Crippen molar-refractivity contribution in [3.8, 4) is 33.8 Å². The number of rotatable bonds is 2. The fourth-order valence-electron chi connectivity index (χ4n) is 6.99. The highest BCUT2D eigenvalue weighted by atomic mass is 32.2. The number of hydrogen-bond donors (Lipinski definition) is 0. The molecule has 5 aromatic rings. The summed E-state index contributed by atoms with van der Waals surface area (Å²) in [5.74, 6) is 0.506. The summed E-state index contributed by atoms with van der Waals surface area (Å²) >= 11 is 0. The van der Waals surface area contributed by atoms with Crippen LogP contribution in [-0.4, -0.2) is 13.7 Å². The highest BCUT2D eigenvalue weighted by Gasteiger charge is 2.49. The molecular formula is C36H24O6P2S. The summed E-state index contributed by atoms with van der Waals surface area (Å²) < 4.78 is 70.5. The van der Waals surface area contributed by atoms with E-state index in [9.17, 15) is 17.5 Å². The first kappa shape index (κ1) is 26.9. The lowest BCUT2D eigenvalue weighted by Gasteiger charge is -2.31. The molecule has 5 aromatic carbocycles. The maximum atomic E-state index is 14.8. The lowest BCUT2D eigenvalue weighted by atomic mass is 9.92. The van der Waals surface area contributed by atoms with Crippen LogP contribution in [0, 0.1) is 0 Å². The molecule has 4 aliphatic rings. The Kier molecular flexibility index (Phi) is 5.57. The van der Waals surface area contributed by atoms with Gasteiger partial charge in [-0.15, -0.1) is 0 Å². The van der Waals surface area contributed by atoms with Crippen molar-refractivity contribution >= 4 is 40.5 Å². The Bertz CT molecular complexity index is 2390. The number of sulfone groups is 1. The molecule has 0 bridgehead atoms. The molecule has 0 fully saturated rings. The van der Waals surface area contributed by atoms with Crippen LogP contribution >= 0.6 is 14.7 Å². The number of allylic oxidation sites excluding steroid dienone is 3. The van der Waals surface area contributed by atoms with Gasteiger partial charge in [0.25, 0.3) is 0 Å². The van der Waals surface area contributed by atoms with Gasteiger partial charge in [-0.25, -0.2) is 8.42 Å². The topological polar surface area (TPSA) is 86.7 Å². The van der Waals surface area contributed by atoms with Crippen LogP contribution in [-0.2, 0) is 19.0 Å². The molecule has 0 aromatic heterocycles. The van der Waals surface area contributed by atoms with E-state index in [0.29, 0.717) is 38.3 Å². The Morgan fingerprint density at radius 3 is 1.78 bits per heavy atom. The third kappa shape index (κ3) is 3.66. The summed E-state index contributed by atoms with van der Waals surface area (Å²) in [5.41, 5.74) is 3.90. The van der Waals surface area contributed by atoms with Crippen molar-refractivity contribution in [3.63, 3.8) is 0 Å². The molecule has 3 heterocycles. The van der Waals surface area contributed by atoms with Gasteiger partial charge in [-0.05, 0) is 53.1 Å². The molecule has 9 rings (SSSR count). The Hall–Kier alpha value is -4.41. The molecule has 0 spiro atoms. The van der Waals surface area contributed by atoms with Crippen molar-refractivity contribution in [3.05, 3.63) is 144 Å². The van der Waals surface area contributed by atoms with Crippen LogP contribution in [0.2, 0.25) is 0 Å². The lowest BCUT2D eigenvalue weighted by molar-refractivity contribution is 0.498. The van der Waals surface area contributed by atoms with Crippen LogP contribution in [0.5, 0.6) is 11.5 Å². The van der Waals surface area contributed by atoms with E-state index < -0.39 is 35.7 Å². The number of benzene rings is 5. The summed E-state index contributed by atoms with van der Waals surface area (Å²) in [7, 11) is -11.3. The Labute approximate surface area is 260 Å². The highest BCUT2D eigenvalue weighted by molar-refractivity contribution is 7.92. The molecular weight excluding hydrogens is 622 g/mol. The van der Waals surface area contributed by atoms with Crippen LogP contribution in [0.3, 0.4) is 0 Å². The molecule has 9 heteroatoms. The third-order valence-corrected chi connectivity index (χ3v) is 16.1. The Morgan fingerprint density at radius 1 is 0.600 bits per heavy atom. The first-order valence-corrected chi connectivity index (χ1v) is 19.3. The predicted molar refractivity (Wildman–Crippen MR) is 177 cm³/mol. The number of para-hydroxylation sites is 2. The normalized spacial score (nSPS) is 26.0. The van der Waals surface area contributed by atoms with Crippen LogP contribution in [0.4, 0.5) is 0 Å². The second-order valence-corrected chi connectivity index (χ2v) is 18.2. The van der Waals surface area contributed by atoms with E-state index in [1.165, 1.54) is 6.07 Å². The lowest BCUT2D eigenvalue weighted by Crippen LogP contribution is -2.26. The molecule has 3 aliphatic heterocycles. The van der Waals surface area contributed by atoms with Gasteiger partial charge >= 0.3 is 14.7 Å². The van der Waals surface area contributed by atoms with Crippen molar-refractivity contribution in [1.82, 2.24) is 0 Å². The van der Waals surface area contributed by atoms with Crippen molar-refractivity contribution in [2.24, 2.45) is 0 Å².